The number of aromatic nitrogens is 1. The maximum atomic E-state index is 13.2. The third-order valence-electron chi connectivity index (χ3n) is 4.52. The van der Waals surface area contributed by atoms with Gasteiger partial charge in [0.25, 0.3) is 0 Å². The summed E-state index contributed by atoms with van der Waals surface area (Å²) in [5, 5.41) is 2.14. The Morgan fingerprint density at radius 2 is 1.70 bits per heavy atom. The number of carbonyl (C=O) groups excluding carboxylic acids is 1. The van der Waals surface area contributed by atoms with E-state index in [1.807, 2.05) is 54.4 Å². The predicted molar refractivity (Wildman–Crippen MR) is 106 cm³/mol. The van der Waals surface area contributed by atoms with Crippen LogP contribution in [0.4, 0.5) is 4.39 Å². The Bertz CT molecular complexity index is 909. The lowest BCUT2D eigenvalue weighted by molar-refractivity contribution is -0.131. The molecule has 0 bridgehead atoms. The van der Waals surface area contributed by atoms with E-state index in [1.165, 1.54) is 12.1 Å². The van der Waals surface area contributed by atoms with Gasteiger partial charge >= 0.3 is 0 Å². The zero-order valence-electron chi connectivity index (χ0n) is 15.7. The molecule has 1 aromatic heterocycles. The summed E-state index contributed by atoms with van der Waals surface area (Å²) in [6, 6.07) is 14.3. The van der Waals surface area contributed by atoms with Crippen LogP contribution in [0.15, 0.2) is 60.9 Å². The highest BCUT2D eigenvalue weighted by Gasteiger charge is 2.15. The second-order valence-corrected chi connectivity index (χ2v) is 6.98. The second-order valence-electron chi connectivity index (χ2n) is 6.98. The van der Waals surface area contributed by atoms with Gasteiger partial charge < -0.3 is 9.80 Å². The van der Waals surface area contributed by atoms with E-state index >= 15 is 0 Å². The topological polar surface area (TPSA) is 36.4 Å². The van der Waals surface area contributed by atoms with Gasteiger partial charge in [-0.15, -0.1) is 0 Å². The zero-order chi connectivity index (χ0) is 19.2. The molecule has 0 radical (unpaired) electrons. The molecule has 140 valence electrons. The average molecular weight is 365 g/mol. The minimum Gasteiger partial charge on any atom is -0.337 e. The molecule has 2 aromatic carbocycles. The Hall–Kier alpha value is -2.79. The number of rotatable bonds is 7. The lowest BCUT2D eigenvalue weighted by atomic mass is 10.1. The zero-order valence-corrected chi connectivity index (χ0v) is 15.7. The summed E-state index contributed by atoms with van der Waals surface area (Å²) in [4.78, 5) is 21.0. The Morgan fingerprint density at radius 3 is 2.44 bits per heavy atom. The van der Waals surface area contributed by atoms with Crippen molar-refractivity contribution in [3.8, 4) is 0 Å². The number of pyridine rings is 1. The smallest absolute Gasteiger partial charge is 0.227 e. The van der Waals surface area contributed by atoms with Gasteiger partial charge in [0.15, 0.2) is 0 Å². The largest absolute Gasteiger partial charge is 0.337 e. The van der Waals surface area contributed by atoms with Gasteiger partial charge in [-0.25, -0.2) is 4.39 Å². The first-order chi connectivity index (χ1) is 13.0. The fraction of sp³-hybridized carbons (Fsp3) is 0.273. The molecule has 0 fully saturated rings. The standard InChI is InChI=1S/C22H24FN3O/c1-25(2)11-12-26(16-17-4-7-21(23)8-5-17)22(27)14-18-3-6-20-15-24-10-9-19(20)13-18/h3-10,13,15H,11-12,14,16H2,1-2H3. The quantitative estimate of drug-likeness (QED) is 0.643. The van der Waals surface area contributed by atoms with Gasteiger partial charge in [0.2, 0.25) is 5.91 Å². The summed E-state index contributed by atoms with van der Waals surface area (Å²) >= 11 is 0. The highest BCUT2D eigenvalue weighted by atomic mass is 19.1. The predicted octanol–water partition coefficient (Wildman–Crippen LogP) is 3.51. The Kier molecular flexibility index (Phi) is 6.14. The van der Waals surface area contributed by atoms with Gasteiger partial charge in [0.05, 0.1) is 6.42 Å². The first kappa shape index (κ1) is 19.0. The van der Waals surface area contributed by atoms with Crippen LogP contribution in [0.1, 0.15) is 11.1 Å². The third-order valence-corrected chi connectivity index (χ3v) is 4.52. The number of halogens is 1. The number of likely N-dealkylation sites (N-methyl/N-ethyl adjacent to an activating group) is 1. The molecule has 0 unspecified atom stereocenters. The normalized spacial score (nSPS) is 11.1. The van der Waals surface area contributed by atoms with Crippen LogP contribution in [0.2, 0.25) is 0 Å². The lowest BCUT2D eigenvalue weighted by Crippen LogP contribution is -2.37. The van der Waals surface area contributed by atoms with E-state index < -0.39 is 0 Å². The fourth-order valence-corrected chi connectivity index (χ4v) is 2.95. The van der Waals surface area contributed by atoms with E-state index in [9.17, 15) is 9.18 Å². The van der Waals surface area contributed by atoms with Crippen molar-refractivity contribution < 1.29 is 9.18 Å². The van der Waals surface area contributed by atoms with E-state index in [2.05, 4.69) is 4.98 Å². The fourth-order valence-electron chi connectivity index (χ4n) is 2.95. The van der Waals surface area contributed by atoms with Crippen LogP contribution in [0.3, 0.4) is 0 Å². The van der Waals surface area contributed by atoms with Crippen molar-refractivity contribution in [3.63, 3.8) is 0 Å². The van der Waals surface area contributed by atoms with Crippen LogP contribution in [-0.2, 0) is 17.8 Å². The maximum Gasteiger partial charge on any atom is 0.227 e. The van der Waals surface area contributed by atoms with Gasteiger partial charge in [-0.1, -0.05) is 30.3 Å². The van der Waals surface area contributed by atoms with Gasteiger partial charge in [-0.05, 0) is 48.8 Å². The first-order valence-electron chi connectivity index (χ1n) is 9.01. The highest BCUT2D eigenvalue weighted by Crippen LogP contribution is 2.16. The van der Waals surface area contributed by atoms with Crippen LogP contribution in [0.5, 0.6) is 0 Å². The monoisotopic (exact) mass is 365 g/mol. The summed E-state index contributed by atoms with van der Waals surface area (Å²) in [6.07, 6.45) is 3.91. The van der Waals surface area contributed by atoms with Crippen molar-refractivity contribution in [1.82, 2.24) is 14.8 Å². The van der Waals surface area contributed by atoms with Crippen LogP contribution < -0.4 is 0 Å². The number of hydrogen-bond acceptors (Lipinski definition) is 3. The molecule has 1 amide bonds. The molecule has 0 aliphatic rings. The van der Waals surface area contributed by atoms with Crippen LogP contribution in [0, 0.1) is 5.82 Å². The van der Waals surface area contributed by atoms with Crippen LogP contribution >= 0.6 is 0 Å². The number of amides is 1. The Morgan fingerprint density at radius 1 is 0.963 bits per heavy atom. The molecule has 3 rings (SSSR count). The van der Waals surface area contributed by atoms with E-state index in [0.717, 1.165) is 28.4 Å². The van der Waals surface area contributed by atoms with Crippen molar-refractivity contribution in [3.05, 3.63) is 77.9 Å². The number of fused-ring (bicyclic) bond motifs is 1. The summed E-state index contributed by atoms with van der Waals surface area (Å²) in [5.74, 6) is -0.204. The van der Waals surface area contributed by atoms with E-state index in [-0.39, 0.29) is 11.7 Å². The van der Waals surface area contributed by atoms with Crippen molar-refractivity contribution in [2.24, 2.45) is 0 Å². The van der Waals surface area contributed by atoms with E-state index in [0.29, 0.717) is 19.5 Å². The SMILES string of the molecule is CN(C)CCN(Cc1ccc(F)cc1)C(=O)Cc1ccc2cnccc2c1. The molecule has 3 aromatic rings. The summed E-state index contributed by atoms with van der Waals surface area (Å²) in [6.45, 7) is 1.88. The van der Waals surface area contributed by atoms with Gasteiger partial charge in [-0.3, -0.25) is 9.78 Å². The lowest BCUT2D eigenvalue weighted by Gasteiger charge is -2.25. The van der Waals surface area contributed by atoms with Gasteiger partial charge in [0, 0.05) is 37.4 Å². The van der Waals surface area contributed by atoms with Gasteiger partial charge in [-0.2, -0.15) is 0 Å². The van der Waals surface area contributed by atoms with E-state index in [1.54, 1.807) is 18.3 Å². The second kappa shape index (κ2) is 8.73. The molecule has 5 heteroatoms. The highest BCUT2D eigenvalue weighted by molar-refractivity contribution is 5.84. The van der Waals surface area contributed by atoms with E-state index in [4.69, 9.17) is 0 Å². The number of nitrogens with zero attached hydrogens (tertiary/aromatic N) is 3. The molecule has 0 saturated heterocycles. The van der Waals surface area contributed by atoms with Crippen molar-refractivity contribution in [1.29, 1.82) is 0 Å². The molecule has 0 aliphatic heterocycles. The molecule has 4 nitrogen and oxygen atoms in total. The van der Waals surface area contributed by atoms with Crippen LogP contribution in [-0.4, -0.2) is 47.9 Å². The molecular weight excluding hydrogens is 341 g/mol. The number of benzene rings is 2. The molecule has 0 saturated carbocycles. The molecule has 0 spiro atoms. The minimum atomic E-state index is -0.268. The van der Waals surface area contributed by atoms with Crippen molar-refractivity contribution in [2.75, 3.05) is 27.2 Å². The Balaban J connectivity index is 1.74. The van der Waals surface area contributed by atoms with Crippen molar-refractivity contribution in [2.45, 2.75) is 13.0 Å². The number of hydrogen-bond donors (Lipinski definition) is 0. The molecule has 0 atom stereocenters. The molecule has 0 N–H and O–H groups in total. The average Bonchev–Trinajstić information content (AvgIpc) is 2.66. The molecule has 0 aliphatic carbocycles. The summed E-state index contributed by atoms with van der Waals surface area (Å²) in [7, 11) is 3.97. The molecular formula is C22H24FN3O. The maximum absolute atomic E-state index is 13.2. The minimum absolute atomic E-state index is 0.0644. The summed E-state index contributed by atoms with van der Waals surface area (Å²) < 4.78 is 13.2. The summed E-state index contributed by atoms with van der Waals surface area (Å²) in [5.41, 5.74) is 1.90. The molecule has 1 heterocycles. The molecule has 27 heavy (non-hydrogen) atoms. The first-order valence-corrected chi connectivity index (χ1v) is 9.01. The third kappa shape index (κ3) is 5.34. The van der Waals surface area contributed by atoms with Crippen LogP contribution in [0.25, 0.3) is 10.8 Å². The van der Waals surface area contributed by atoms with Gasteiger partial charge in [0.1, 0.15) is 5.82 Å². The Labute approximate surface area is 159 Å². The number of carbonyl (C=O) groups is 1. The van der Waals surface area contributed by atoms with Crippen molar-refractivity contribution >= 4 is 16.7 Å².